The molecule has 23 heavy (non-hydrogen) atoms. The molecule has 1 aromatic carbocycles. The van der Waals surface area contributed by atoms with Gasteiger partial charge in [0, 0.05) is 11.1 Å². The molecule has 3 nitrogen and oxygen atoms in total. The predicted molar refractivity (Wildman–Crippen MR) is 96.0 cm³/mol. The highest BCUT2D eigenvalue weighted by Crippen LogP contribution is 2.29. The monoisotopic (exact) mass is 322 g/mol. The fraction of sp³-hybridized carbons (Fsp3) is 0.158. The molecular weight excluding hydrogens is 304 g/mol. The van der Waals surface area contributed by atoms with Gasteiger partial charge in [-0.25, -0.2) is 4.98 Å². The van der Waals surface area contributed by atoms with Crippen molar-refractivity contribution < 1.29 is 4.79 Å². The molecule has 0 radical (unpaired) electrons. The molecule has 3 aromatic rings. The lowest BCUT2D eigenvalue weighted by atomic mass is 10.0. The second-order valence-corrected chi connectivity index (χ2v) is 6.69. The van der Waals surface area contributed by atoms with Crippen LogP contribution in [0, 0.1) is 0 Å². The minimum Gasteiger partial charge on any atom is -0.306 e. The lowest BCUT2D eigenvalue weighted by Crippen LogP contribution is -2.10. The van der Waals surface area contributed by atoms with Gasteiger partial charge in [0.05, 0.1) is 4.88 Å². The summed E-state index contributed by atoms with van der Waals surface area (Å²) in [5, 5.41) is 2.81. The van der Waals surface area contributed by atoms with E-state index in [9.17, 15) is 4.79 Å². The van der Waals surface area contributed by atoms with Crippen LogP contribution in [0.1, 0.15) is 35.0 Å². The van der Waals surface area contributed by atoms with Gasteiger partial charge in [-0.2, -0.15) is 0 Å². The van der Waals surface area contributed by atoms with E-state index in [1.165, 1.54) is 16.9 Å². The van der Waals surface area contributed by atoms with E-state index in [1.807, 2.05) is 24.3 Å². The number of aromatic nitrogens is 1. The van der Waals surface area contributed by atoms with Crippen molar-refractivity contribution >= 4 is 23.1 Å². The number of carbonyl (C=O) groups is 1. The first-order valence-electron chi connectivity index (χ1n) is 7.56. The summed E-state index contributed by atoms with van der Waals surface area (Å²) >= 11 is 1.49. The van der Waals surface area contributed by atoms with E-state index in [4.69, 9.17) is 0 Å². The zero-order valence-corrected chi connectivity index (χ0v) is 13.9. The summed E-state index contributed by atoms with van der Waals surface area (Å²) < 4.78 is 0. The Labute approximate surface area is 140 Å². The summed E-state index contributed by atoms with van der Waals surface area (Å²) in [5.74, 6) is 0.958. The summed E-state index contributed by atoms with van der Waals surface area (Å²) in [4.78, 5) is 18.1. The molecule has 2 heterocycles. The van der Waals surface area contributed by atoms with Crippen molar-refractivity contribution in [2.45, 2.75) is 19.8 Å². The highest BCUT2D eigenvalue weighted by Gasteiger charge is 2.11. The van der Waals surface area contributed by atoms with Crippen LogP contribution in [-0.4, -0.2) is 10.9 Å². The molecule has 0 aliphatic rings. The van der Waals surface area contributed by atoms with Gasteiger partial charge in [0.15, 0.2) is 0 Å². The number of nitrogens with zero attached hydrogens (tertiary/aromatic N) is 1. The Morgan fingerprint density at radius 2 is 1.83 bits per heavy atom. The zero-order chi connectivity index (χ0) is 16.2. The number of amides is 1. The van der Waals surface area contributed by atoms with Crippen molar-refractivity contribution in [2.24, 2.45) is 0 Å². The Hall–Kier alpha value is -2.46. The molecule has 3 rings (SSSR count). The number of nitrogens with one attached hydrogen (secondary N) is 1. The standard InChI is InChI=1S/C19H18N2OS/c1-13(2)14-6-8-15(9-7-14)16-10-11-17(23-16)19(22)21-18-5-3-4-12-20-18/h3-13H,1-2H3,(H,20,21,22). The quantitative estimate of drug-likeness (QED) is 0.718. The number of rotatable bonds is 4. The van der Waals surface area contributed by atoms with Gasteiger partial charge in [0.1, 0.15) is 5.82 Å². The normalized spacial score (nSPS) is 10.7. The second kappa shape index (κ2) is 6.75. The molecule has 0 saturated carbocycles. The molecule has 0 unspecified atom stereocenters. The Morgan fingerprint density at radius 3 is 2.48 bits per heavy atom. The first kappa shape index (κ1) is 15.4. The topological polar surface area (TPSA) is 42.0 Å². The second-order valence-electron chi connectivity index (χ2n) is 5.61. The van der Waals surface area contributed by atoms with Crippen LogP contribution in [0.15, 0.2) is 60.8 Å². The van der Waals surface area contributed by atoms with Crippen molar-refractivity contribution in [1.29, 1.82) is 0 Å². The molecule has 0 atom stereocenters. The van der Waals surface area contributed by atoms with Crippen LogP contribution in [-0.2, 0) is 0 Å². The number of hydrogen-bond donors (Lipinski definition) is 1. The molecular formula is C19H18N2OS. The molecule has 0 spiro atoms. The molecule has 0 saturated heterocycles. The average Bonchev–Trinajstić information content (AvgIpc) is 3.06. The van der Waals surface area contributed by atoms with Crippen molar-refractivity contribution in [2.75, 3.05) is 5.32 Å². The molecule has 0 aliphatic carbocycles. The Balaban J connectivity index is 1.76. The summed E-state index contributed by atoms with van der Waals surface area (Å²) in [5.41, 5.74) is 2.45. The zero-order valence-electron chi connectivity index (χ0n) is 13.1. The maximum absolute atomic E-state index is 12.3. The van der Waals surface area contributed by atoms with E-state index in [0.717, 1.165) is 10.4 Å². The number of hydrogen-bond acceptors (Lipinski definition) is 3. The number of pyridine rings is 1. The first-order chi connectivity index (χ1) is 11.1. The summed E-state index contributed by atoms with van der Waals surface area (Å²) in [6.45, 7) is 4.36. The van der Waals surface area contributed by atoms with E-state index in [2.05, 4.69) is 48.4 Å². The van der Waals surface area contributed by atoms with Crippen molar-refractivity contribution in [3.63, 3.8) is 0 Å². The van der Waals surface area contributed by atoms with Gasteiger partial charge in [-0.05, 0) is 41.3 Å². The Kier molecular flexibility index (Phi) is 4.53. The minimum atomic E-state index is -0.126. The van der Waals surface area contributed by atoms with Crippen LogP contribution in [0.25, 0.3) is 10.4 Å². The average molecular weight is 322 g/mol. The summed E-state index contributed by atoms with van der Waals surface area (Å²) in [6, 6.07) is 17.8. The molecule has 1 amide bonds. The van der Waals surface area contributed by atoms with Crippen LogP contribution < -0.4 is 5.32 Å². The Bertz CT molecular complexity index is 792. The molecule has 0 fully saturated rings. The number of thiophene rings is 1. The molecule has 1 N–H and O–H groups in total. The fourth-order valence-corrected chi connectivity index (χ4v) is 3.17. The third-order valence-corrected chi connectivity index (χ3v) is 4.73. The molecule has 116 valence electrons. The highest BCUT2D eigenvalue weighted by atomic mass is 32.1. The maximum atomic E-state index is 12.3. The van der Waals surface area contributed by atoms with Gasteiger partial charge in [-0.1, -0.05) is 44.2 Å². The summed E-state index contributed by atoms with van der Waals surface area (Å²) in [7, 11) is 0. The third kappa shape index (κ3) is 3.66. The SMILES string of the molecule is CC(C)c1ccc(-c2ccc(C(=O)Nc3ccccn3)s2)cc1. The Morgan fingerprint density at radius 1 is 1.04 bits per heavy atom. The lowest BCUT2D eigenvalue weighted by molar-refractivity contribution is 0.103. The van der Waals surface area contributed by atoms with Gasteiger partial charge in [0.25, 0.3) is 5.91 Å². The molecule has 2 aromatic heterocycles. The van der Waals surface area contributed by atoms with E-state index in [-0.39, 0.29) is 5.91 Å². The minimum absolute atomic E-state index is 0.126. The smallest absolute Gasteiger partial charge is 0.266 e. The fourth-order valence-electron chi connectivity index (χ4n) is 2.26. The van der Waals surface area contributed by atoms with Crippen LogP contribution >= 0.6 is 11.3 Å². The maximum Gasteiger partial charge on any atom is 0.266 e. The predicted octanol–water partition coefficient (Wildman–Crippen LogP) is 5.19. The van der Waals surface area contributed by atoms with Gasteiger partial charge in [0.2, 0.25) is 0 Å². The highest BCUT2D eigenvalue weighted by molar-refractivity contribution is 7.17. The third-order valence-electron chi connectivity index (χ3n) is 3.60. The lowest BCUT2D eigenvalue weighted by Gasteiger charge is -2.05. The summed E-state index contributed by atoms with van der Waals surface area (Å²) in [6.07, 6.45) is 1.66. The molecule has 4 heteroatoms. The van der Waals surface area contributed by atoms with Crippen LogP contribution in [0.2, 0.25) is 0 Å². The van der Waals surface area contributed by atoms with E-state index in [1.54, 1.807) is 12.3 Å². The number of benzene rings is 1. The first-order valence-corrected chi connectivity index (χ1v) is 8.37. The number of carbonyl (C=O) groups excluding carboxylic acids is 1. The van der Waals surface area contributed by atoms with Crippen molar-refractivity contribution in [1.82, 2.24) is 4.98 Å². The molecule has 0 aliphatic heterocycles. The van der Waals surface area contributed by atoms with Gasteiger partial charge in [-0.15, -0.1) is 11.3 Å². The number of anilines is 1. The van der Waals surface area contributed by atoms with Gasteiger partial charge >= 0.3 is 0 Å². The van der Waals surface area contributed by atoms with Crippen LogP contribution in [0.3, 0.4) is 0 Å². The molecule has 0 bridgehead atoms. The van der Waals surface area contributed by atoms with Crippen molar-refractivity contribution in [3.05, 3.63) is 71.2 Å². The van der Waals surface area contributed by atoms with E-state index < -0.39 is 0 Å². The van der Waals surface area contributed by atoms with E-state index in [0.29, 0.717) is 16.6 Å². The van der Waals surface area contributed by atoms with Gasteiger partial charge < -0.3 is 5.32 Å². The van der Waals surface area contributed by atoms with Crippen molar-refractivity contribution in [3.8, 4) is 10.4 Å². The largest absolute Gasteiger partial charge is 0.306 e. The van der Waals surface area contributed by atoms with Gasteiger partial charge in [-0.3, -0.25) is 4.79 Å². The van der Waals surface area contributed by atoms with E-state index >= 15 is 0 Å². The van der Waals surface area contributed by atoms with Crippen LogP contribution in [0.5, 0.6) is 0 Å². The van der Waals surface area contributed by atoms with Crippen LogP contribution in [0.4, 0.5) is 5.82 Å².